The van der Waals surface area contributed by atoms with Gasteiger partial charge in [0.1, 0.15) is 30.7 Å². The van der Waals surface area contributed by atoms with Gasteiger partial charge >= 0.3 is 0 Å². The monoisotopic (exact) mass is 346 g/mol. The molecular weight excluding hydrogens is 324 g/mol. The lowest BCUT2D eigenvalue weighted by molar-refractivity contribution is 0.195. The predicted octanol–water partition coefficient (Wildman–Crippen LogP) is 4.50. The maximum atomic E-state index is 6.07. The van der Waals surface area contributed by atoms with Crippen molar-refractivity contribution < 1.29 is 9.47 Å². The average Bonchev–Trinajstić information content (AvgIpc) is 3.33. The van der Waals surface area contributed by atoms with Gasteiger partial charge in [0.05, 0.1) is 0 Å². The molecule has 132 valence electrons. The van der Waals surface area contributed by atoms with Crippen LogP contribution in [0.3, 0.4) is 0 Å². The van der Waals surface area contributed by atoms with Crippen molar-refractivity contribution in [3.05, 3.63) is 71.8 Å². The minimum absolute atomic E-state index is 0.0793. The number of aliphatic imine (C=N–C) groups is 2. The Bertz CT molecular complexity index is 773. The van der Waals surface area contributed by atoms with Crippen molar-refractivity contribution >= 4 is 11.8 Å². The van der Waals surface area contributed by atoms with Gasteiger partial charge in [-0.2, -0.15) is 0 Å². The zero-order valence-electron chi connectivity index (χ0n) is 14.7. The van der Waals surface area contributed by atoms with Gasteiger partial charge in [-0.1, -0.05) is 67.1 Å². The van der Waals surface area contributed by atoms with E-state index in [9.17, 15) is 0 Å². The van der Waals surface area contributed by atoms with Crippen molar-refractivity contribution in [3.63, 3.8) is 0 Å². The van der Waals surface area contributed by atoms with Gasteiger partial charge in [0.2, 0.25) is 0 Å². The first-order valence-electron chi connectivity index (χ1n) is 9.37. The molecule has 26 heavy (non-hydrogen) atoms. The number of rotatable bonds is 4. The zero-order valence-corrected chi connectivity index (χ0v) is 14.7. The van der Waals surface area contributed by atoms with E-state index in [1.165, 1.54) is 11.1 Å². The maximum Gasteiger partial charge on any atom is 0.200 e. The maximum absolute atomic E-state index is 6.07. The highest BCUT2D eigenvalue weighted by molar-refractivity contribution is 6.07. The van der Waals surface area contributed by atoms with E-state index in [2.05, 4.69) is 48.5 Å². The summed E-state index contributed by atoms with van der Waals surface area (Å²) in [6.45, 7) is 1.22. The standard InChI is InChI=1S/C22H22N2O2/c1-3-8-16(9-4-1)18-14-25-20(23-18)22(12-7-13-22)21-24-19(15-26-21)17-10-5-2-6-11-17/h1-6,8-11,18-19H,7,12-15H2. The normalized spacial score (nSPS) is 26.3. The van der Waals surface area contributed by atoms with Crippen LogP contribution >= 0.6 is 0 Å². The molecule has 0 bridgehead atoms. The van der Waals surface area contributed by atoms with E-state index >= 15 is 0 Å². The molecule has 0 spiro atoms. The minimum Gasteiger partial charge on any atom is -0.478 e. The van der Waals surface area contributed by atoms with Gasteiger partial charge in [0, 0.05) is 0 Å². The van der Waals surface area contributed by atoms with Crippen LogP contribution in [0.25, 0.3) is 0 Å². The molecule has 2 unspecified atom stereocenters. The summed E-state index contributed by atoms with van der Waals surface area (Å²) in [7, 11) is 0. The van der Waals surface area contributed by atoms with Gasteiger partial charge in [0.25, 0.3) is 0 Å². The minimum atomic E-state index is -0.243. The molecule has 2 heterocycles. The molecule has 1 saturated carbocycles. The zero-order chi connectivity index (χ0) is 17.4. The Morgan fingerprint density at radius 3 is 1.54 bits per heavy atom. The molecule has 0 aromatic heterocycles. The second-order valence-electron chi connectivity index (χ2n) is 7.28. The van der Waals surface area contributed by atoms with Gasteiger partial charge in [-0.05, 0) is 24.0 Å². The molecular formula is C22H22N2O2. The summed E-state index contributed by atoms with van der Waals surface area (Å²) < 4.78 is 12.1. The van der Waals surface area contributed by atoms with Crippen molar-refractivity contribution in [3.8, 4) is 0 Å². The summed E-state index contributed by atoms with van der Waals surface area (Å²) in [4.78, 5) is 9.86. The SMILES string of the molecule is c1ccc(C2COC(C3(C4=NC(c5ccccc5)CO4)CCC3)=N2)cc1. The van der Waals surface area contributed by atoms with Crippen LogP contribution in [-0.4, -0.2) is 25.0 Å². The molecule has 0 N–H and O–H groups in total. The molecule has 2 aliphatic heterocycles. The lowest BCUT2D eigenvalue weighted by atomic mass is 9.68. The Balaban J connectivity index is 1.42. The quantitative estimate of drug-likeness (QED) is 0.818. The van der Waals surface area contributed by atoms with Crippen LogP contribution in [0.5, 0.6) is 0 Å². The number of ether oxygens (including phenoxy) is 2. The van der Waals surface area contributed by atoms with Gasteiger partial charge < -0.3 is 9.47 Å². The van der Waals surface area contributed by atoms with Crippen LogP contribution in [0.15, 0.2) is 70.6 Å². The molecule has 2 aromatic rings. The van der Waals surface area contributed by atoms with Gasteiger partial charge in [-0.3, -0.25) is 0 Å². The Labute approximate surface area is 153 Å². The summed E-state index contributed by atoms with van der Waals surface area (Å²) >= 11 is 0. The highest BCUT2D eigenvalue weighted by Gasteiger charge is 2.53. The summed E-state index contributed by atoms with van der Waals surface area (Å²) in [5.41, 5.74) is 2.16. The third-order valence-corrected chi connectivity index (χ3v) is 5.70. The molecule has 0 saturated heterocycles. The van der Waals surface area contributed by atoms with Crippen LogP contribution in [0, 0.1) is 5.41 Å². The number of hydrogen-bond donors (Lipinski definition) is 0. The van der Waals surface area contributed by atoms with E-state index in [1.54, 1.807) is 0 Å². The van der Waals surface area contributed by atoms with E-state index in [-0.39, 0.29) is 17.5 Å². The van der Waals surface area contributed by atoms with E-state index < -0.39 is 0 Å². The van der Waals surface area contributed by atoms with Crippen LogP contribution in [0.2, 0.25) is 0 Å². The van der Waals surface area contributed by atoms with E-state index in [4.69, 9.17) is 19.5 Å². The highest BCUT2D eigenvalue weighted by Crippen LogP contribution is 2.48. The number of hydrogen-bond acceptors (Lipinski definition) is 4. The number of benzene rings is 2. The first-order chi connectivity index (χ1) is 12.9. The third kappa shape index (κ3) is 2.52. The van der Waals surface area contributed by atoms with E-state index in [0.29, 0.717) is 13.2 Å². The molecule has 1 fully saturated rings. The van der Waals surface area contributed by atoms with Gasteiger partial charge in [-0.25, -0.2) is 9.98 Å². The fourth-order valence-electron chi connectivity index (χ4n) is 4.01. The fourth-order valence-corrected chi connectivity index (χ4v) is 4.01. The van der Waals surface area contributed by atoms with Crippen LogP contribution in [0.1, 0.15) is 42.5 Å². The van der Waals surface area contributed by atoms with Gasteiger partial charge in [0.15, 0.2) is 11.8 Å². The summed E-state index contributed by atoms with van der Waals surface area (Å²) in [5.74, 6) is 1.65. The molecule has 5 rings (SSSR count). The van der Waals surface area contributed by atoms with Crippen LogP contribution < -0.4 is 0 Å². The second-order valence-corrected chi connectivity index (χ2v) is 7.28. The smallest absolute Gasteiger partial charge is 0.200 e. The Hall–Kier alpha value is -2.62. The Morgan fingerprint density at radius 1 is 0.692 bits per heavy atom. The van der Waals surface area contributed by atoms with Crippen molar-refractivity contribution in [2.24, 2.45) is 15.4 Å². The Morgan fingerprint density at radius 2 is 1.15 bits per heavy atom. The molecule has 2 atom stereocenters. The third-order valence-electron chi connectivity index (χ3n) is 5.70. The lowest BCUT2D eigenvalue weighted by Gasteiger charge is -2.39. The molecule has 4 nitrogen and oxygen atoms in total. The first-order valence-corrected chi connectivity index (χ1v) is 9.37. The highest BCUT2D eigenvalue weighted by atomic mass is 16.5. The second kappa shape index (κ2) is 6.27. The molecule has 0 amide bonds. The average molecular weight is 346 g/mol. The molecule has 4 heteroatoms. The van der Waals surface area contributed by atoms with Crippen molar-refractivity contribution in [2.75, 3.05) is 13.2 Å². The van der Waals surface area contributed by atoms with Crippen molar-refractivity contribution in [2.45, 2.75) is 31.3 Å². The number of nitrogens with zero attached hydrogens (tertiary/aromatic N) is 2. The van der Waals surface area contributed by atoms with E-state index in [0.717, 1.165) is 31.1 Å². The van der Waals surface area contributed by atoms with Crippen molar-refractivity contribution in [1.82, 2.24) is 0 Å². The summed E-state index contributed by atoms with van der Waals surface area (Å²) in [6, 6.07) is 20.9. The Kier molecular flexibility index (Phi) is 3.77. The predicted molar refractivity (Wildman–Crippen MR) is 101 cm³/mol. The molecule has 0 radical (unpaired) electrons. The fraction of sp³-hybridized carbons (Fsp3) is 0.364. The van der Waals surface area contributed by atoms with Crippen molar-refractivity contribution in [1.29, 1.82) is 0 Å². The lowest BCUT2D eigenvalue weighted by Crippen LogP contribution is -2.45. The molecule has 1 aliphatic carbocycles. The largest absolute Gasteiger partial charge is 0.478 e. The van der Waals surface area contributed by atoms with Crippen LogP contribution in [0.4, 0.5) is 0 Å². The summed E-state index contributed by atoms with van der Waals surface area (Å²) in [6.07, 6.45) is 3.18. The topological polar surface area (TPSA) is 43.2 Å². The van der Waals surface area contributed by atoms with E-state index in [1.807, 2.05) is 12.1 Å². The first kappa shape index (κ1) is 15.6. The summed E-state index contributed by atoms with van der Waals surface area (Å²) in [5, 5.41) is 0. The molecule has 2 aromatic carbocycles. The van der Waals surface area contributed by atoms with Gasteiger partial charge in [-0.15, -0.1) is 0 Å². The van der Waals surface area contributed by atoms with Crippen LogP contribution in [-0.2, 0) is 9.47 Å². The molecule has 3 aliphatic rings.